The van der Waals surface area contributed by atoms with Crippen LogP contribution in [0.2, 0.25) is 0 Å². The Morgan fingerprint density at radius 1 is 1.03 bits per heavy atom. The fourth-order valence-electron chi connectivity index (χ4n) is 7.00. The lowest BCUT2D eigenvalue weighted by Crippen LogP contribution is -2.61. The third-order valence-electron chi connectivity index (χ3n) is 8.02. The molecule has 4 aliphatic carbocycles. The van der Waals surface area contributed by atoms with Crippen molar-refractivity contribution in [3.8, 4) is 0 Å². The average molecular weight is 465 g/mol. The number of likely N-dealkylation sites (tertiary alicyclic amines) is 1. The molecular formula is C24H31F3N4O2. The second kappa shape index (κ2) is 8.40. The van der Waals surface area contributed by atoms with Crippen molar-refractivity contribution in [3.05, 3.63) is 29.8 Å². The number of nitrogens with zero attached hydrogens (tertiary/aromatic N) is 1. The SMILES string of the molecule is O=C(NCC1CCN(C(=O)Nc2ccccc2C(F)(F)F)C1)NC12CC3CC(CC(C3)C1)C2. The number of rotatable bonds is 4. The van der Waals surface area contributed by atoms with Crippen molar-refractivity contribution in [3.63, 3.8) is 0 Å². The molecule has 0 aromatic heterocycles. The van der Waals surface area contributed by atoms with Crippen LogP contribution in [0.3, 0.4) is 0 Å². The highest BCUT2D eigenvalue weighted by Crippen LogP contribution is 2.55. The molecule has 5 fully saturated rings. The molecule has 4 bridgehead atoms. The highest BCUT2D eigenvalue weighted by molar-refractivity contribution is 5.90. The van der Waals surface area contributed by atoms with Crippen LogP contribution in [0.4, 0.5) is 28.4 Å². The molecule has 1 aromatic carbocycles. The quantitative estimate of drug-likeness (QED) is 0.597. The number of anilines is 1. The van der Waals surface area contributed by atoms with Gasteiger partial charge in [-0.05, 0) is 80.8 Å². The Balaban J connectivity index is 1.10. The predicted molar refractivity (Wildman–Crippen MR) is 118 cm³/mol. The molecule has 6 rings (SSSR count). The van der Waals surface area contributed by atoms with Gasteiger partial charge in [-0.2, -0.15) is 13.2 Å². The van der Waals surface area contributed by atoms with E-state index >= 15 is 0 Å². The van der Waals surface area contributed by atoms with Crippen molar-refractivity contribution in [2.45, 2.75) is 56.7 Å². The Bertz CT molecular complexity index is 884. The van der Waals surface area contributed by atoms with Gasteiger partial charge in [-0.1, -0.05) is 12.1 Å². The van der Waals surface area contributed by atoms with E-state index in [1.807, 2.05) is 0 Å². The lowest BCUT2D eigenvalue weighted by molar-refractivity contribution is -0.136. The van der Waals surface area contributed by atoms with Crippen LogP contribution in [0.5, 0.6) is 0 Å². The number of amides is 4. The highest BCUT2D eigenvalue weighted by atomic mass is 19.4. The molecule has 4 amide bonds. The van der Waals surface area contributed by atoms with Crippen LogP contribution in [-0.4, -0.2) is 42.1 Å². The van der Waals surface area contributed by atoms with E-state index in [4.69, 9.17) is 0 Å². The molecule has 3 N–H and O–H groups in total. The predicted octanol–water partition coefficient (Wildman–Crippen LogP) is 4.83. The minimum absolute atomic E-state index is 0.0493. The topological polar surface area (TPSA) is 73.5 Å². The summed E-state index contributed by atoms with van der Waals surface area (Å²) in [5, 5.41) is 8.66. The number of benzene rings is 1. The van der Waals surface area contributed by atoms with Crippen molar-refractivity contribution >= 4 is 17.7 Å². The van der Waals surface area contributed by atoms with Gasteiger partial charge < -0.3 is 20.9 Å². The van der Waals surface area contributed by atoms with Crippen LogP contribution in [0, 0.1) is 23.7 Å². The van der Waals surface area contributed by atoms with Gasteiger partial charge in [0, 0.05) is 25.2 Å². The summed E-state index contributed by atoms with van der Waals surface area (Å²) in [7, 11) is 0. The van der Waals surface area contributed by atoms with Crippen LogP contribution in [0.15, 0.2) is 24.3 Å². The van der Waals surface area contributed by atoms with E-state index in [0.29, 0.717) is 26.1 Å². The molecule has 1 aromatic rings. The monoisotopic (exact) mass is 464 g/mol. The molecule has 0 spiro atoms. The van der Waals surface area contributed by atoms with Crippen LogP contribution in [0.25, 0.3) is 0 Å². The molecule has 180 valence electrons. The number of alkyl halides is 3. The summed E-state index contributed by atoms with van der Waals surface area (Å²) in [6, 6.07) is 4.28. The second-order valence-corrected chi connectivity index (χ2v) is 10.6. The molecule has 5 aliphatic rings. The van der Waals surface area contributed by atoms with E-state index < -0.39 is 17.8 Å². The third kappa shape index (κ3) is 4.77. The zero-order valence-electron chi connectivity index (χ0n) is 18.6. The van der Waals surface area contributed by atoms with E-state index in [1.165, 1.54) is 42.4 Å². The number of carbonyl (C=O) groups excluding carboxylic acids is 2. The van der Waals surface area contributed by atoms with E-state index in [9.17, 15) is 22.8 Å². The number of carbonyl (C=O) groups is 2. The summed E-state index contributed by atoms with van der Waals surface area (Å²) in [5.41, 5.74) is -1.16. The summed E-state index contributed by atoms with van der Waals surface area (Å²) in [5.74, 6) is 2.33. The maximum atomic E-state index is 13.2. The Labute approximate surface area is 191 Å². The average Bonchev–Trinajstić information content (AvgIpc) is 3.20. The Morgan fingerprint density at radius 3 is 2.30 bits per heavy atom. The summed E-state index contributed by atoms with van der Waals surface area (Å²) in [6.07, 6.45) is 3.37. The smallest absolute Gasteiger partial charge is 0.338 e. The normalized spacial score (nSPS) is 32.6. The first-order valence-corrected chi connectivity index (χ1v) is 12.0. The fraction of sp³-hybridized carbons (Fsp3) is 0.667. The van der Waals surface area contributed by atoms with Gasteiger partial charge in [0.05, 0.1) is 11.3 Å². The van der Waals surface area contributed by atoms with Crippen molar-refractivity contribution in [2.75, 3.05) is 25.0 Å². The molecular weight excluding hydrogens is 433 g/mol. The second-order valence-electron chi connectivity index (χ2n) is 10.6. The van der Waals surface area contributed by atoms with Crippen molar-refractivity contribution in [1.82, 2.24) is 15.5 Å². The third-order valence-corrected chi connectivity index (χ3v) is 8.02. The number of para-hydroxylation sites is 1. The molecule has 1 unspecified atom stereocenters. The van der Waals surface area contributed by atoms with E-state index in [2.05, 4.69) is 16.0 Å². The molecule has 0 radical (unpaired) electrons. The number of hydrogen-bond donors (Lipinski definition) is 3. The van der Waals surface area contributed by atoms with Gasteiger partial charge in [0.1, 0.15) is 0 Å². The number of hydrogen-bond acceptors (Lipinski definition) is 2. The molecule has 1 heterocycles. The zero-order chi connectivity index (χ0) is 23.2. The van der Waals surface area contributed by atoms with Gasteiger partial charge >= 0.3 is 18.2 Å². The van der Waals surface area contributed by atoms with Gasteiger partial charge in [-0.15, -0.1) is 0 Å². The van der Waals surface area contributed by atoms with Gasteiger partial charge in [-0.3, -0.25) is 0 Å². The molecule has 4 saturated carbocycles. The number of nitrogens with one attached hydrogen (secondary N) is 3. The van der Waals surface area contributed by atoms with Gasteiger partial charge in [0.25, 0.3) is 0 Å². The highest BCUT2D eigenvalue weighted by Gasteiger charge is 2.51. The van der Waals surface area contributed by atoms with Crippen molar-refractivity contribution < 1.29 is 22.8 Å². The van der Waals surface area contributed by atoms with Crippen LogP contribution >= 0.6 is 0 Å². The first-order valence-electron chi connectivity index (χ1n) is 12.0. The van der Waals surface area contributed by atoms with E-state index in [1.54, 1.807) is 0 Å². The minimum atomic E-state index is -4.54. The van der Waals surface area contributed by atoms with Crippen LogP contribution < -0.4 is 16.0 Å². The maximum absolute atomic E-state index is 13.2. The standard InChI is InChI=1S/C24H31F3N4O2/c25-24(26,27)19-3-1-2-4-20(19)29-22(33)31-6-5-15(14-31)13-28-21(32)30-23-10-16-7-17(11-23)9-18(8-16)12-23/h1-4,15-18H,5-14H2,(H,29,33)(H2,28,30,32). The maximum Gasteiger partial charge on any atom is 0.418 e. The Morgan fingerprint density at radius 2 is 1.67 bits per heavy atom. The van der Waals surface area contributed by atoms with E-state index in [0.717, 1.165) is 43.1 Å². The molecule has 6 nitrogen and oxygen atoms in total. The van der Waals surface area contributed by atoms with Gasteiger partial charge in [-0.25, -0.2) is 9.59 Å². The lowest BCUT2D eigenvalue weighted by atomic mass is 9.53. The van der Waals surface area contributed by atoms with Crippen molar-refractivity contribution in [1.29, 1.82) is 0 Å². The molecule has 1 atom stereocenters. The lowest BCUT2D eigenvalue weighted by Gasteiger charge is -2.56. The minimum Gasteiger partial charge on any atom is -0.338 e. The largest absolute Gasteiger partial charge is 0.418 e. The zero-order valence-corrected chi connectivity index (χ0v) is 18.6. The first kappa shape index (κ1) is 22.3. The summed E-state index contributed by atoms with van der Waals surface area (Å²) in [6.45, 7) is 1.29. The first-order chi connectivity index (χ1) is 15.7. The van der Waals surface area contributed by atoms with Crippen LogP contribution in [-0.2, 0) is 6.18 Å². The number of halogens is 3. The summed E-state index contributed by atoms with van der Waals surface area (Å²) < 4.78 is 39.5. The van der Waals surface area contributed by atoms with Gasteiger partial charge in [0.2, 0.25) is 0 Å². The molecule has 33 heavy (non-hydrogen) atoms. The Hall–Kier alpha value is -2.45. The summed E-state index contributed by atoms with van der Waals surface area (Å²) in [4.78, 5) is 26.7. The fourth-order valence-corrected chi connectivity index (χ4v) is 7.00. The molecule has 9 heteroatoms. The van der Waals surface area contributed by atoms with Crippen LogP contribution in [0.1, 0.15) is 50.5 Å². The Kier molecular flexibility index (Phi) is 5.69. The van der Waals surface area contributed by atoms with E-state index in [-0.39, 0.29) is 23.2 Å². The molecule has 1 aliphatic heterocycles. The summed E-state index contributed by atoms with van der Waals surface area (Å²) >= 11 is 0. The van der Waals surface area contributed by atoms with Crippen molar-refractivity contribution in [2.24, 2.45) is 23.7 Å². The number of urea groups is 2. The molecule has 1 saturated heterocycles. The van der Waals surface area contributed by atoms with Gasteiger partial charge in [0.15, 0.2) is 0 Å².